The van der Waals surface area contributed by atoms with Crippen LogP contribution in [0.5, 0.6) is 11.5 Å². The van der Waals surface area contributed by atoms with Crippen molar-refractivity contribution >= 4 is 0 Å². The first kappa shape index (κ1) is 18.6. The lowest BCUT2D eigenvalue weighted by Gasteiger charge is -2.14. The minimum atomic E-state index is 0.407. The predicted molar refractivity (Wildman–Crippen MR) is 88.6 cm³/mol. The highest BCUT2D eigenvalue weighted by atomic mass is 16.6. The topological polar surface area (TPSA) is 55.4 Å². The zero-order valence-corrected chi connectivity index (χ0v) is 13.8. The molecule has 0 fully saturated rings. The van der Waals surface area contributed by atoms with Crippen LogP contribution in [0.3, 0.4) is 0 Å². The van der Waals surface area contributed by atoms with Crippen LogP contribution in [-0.4, -0.2) is 66.1 Å². The Morgan fingerprint density at radius 1 is 0.625 bits per heavy atom. The van der Waals surface area contributed by atoms with Gasteiger partial charge < -0.3 is 28.4 Å². The van der Waals surface area contributed by atoms with E-state index in [2.05, 4.69) is 5.92 Å². The smallest absolute Gasteiger partial charge is 0.162 e. The Bertz CT molecular complexity index is 511. The number of hydrogen-bond acceptors (Lipinski definition) is 6. The van der Waals surface area contributed by atoms with Crippen molar-refractivity contribution in [3.05, 3.63) is 23.8 Å². The largest absolute Gasteiger partial charge is 0.487 e. The lowest BCUT2D eigenvalue weighted by Crippen LogP contribution is -2.16. The molecule has 0 bridgehead atoms. The van der Waals surface area contributed by atoms with Gasteiger partial charge in [0.05, 0.1) is 52.9 Å². The summed E-state index contributed by atoms with van der Waals surface area (Å²) >= 11 is 0. The van der Waals surface area contributed by atoms with E-state index in [9.17, 15) is 0 Å². The minimum Gasteiger partial charge on any atom is -0.487 e. The molecule has 2 rings (SSSR count). The Morgan fingerprint density at radius 2 is 1.08 bits per heavy atom. The number of benzene rings is 1. The Kier molecular flexibility index (Phi) is 9.05. The van der Waals surface area contributed by atoms with Crippen molar-refractivity contribution in [1.82, 2.24) is 0 Å². The normalized spacial score (nSPS) is 18.8. The van der Waals surface area contributed by atoms with Gasteiger partial charge in [-0.2, -0.15) is 0 Å². The predicted octanol–water partition coefficient (Wildman–Crippen LogP) is 1.51. The summed E-state index contributed by atoms with van der Waals surface area (Å²) < 4.78 is 33.1. The fourth-order valence-corrected chi connectivity index (χ4v) is 2.01. The standard InChI is InChI=1S/C18H24O6/c1-2-16-3-4-17-18(15-16)24-14-12-22-10-8-20-6-5-19-7-9-21-11-13-23-17/h1,3-4,15H,5-14H2. The van der Waals surface area contributed by atoms with Crippen molar-refractivity contribution in [2.24, 2.45) is 0 Å². The number of fused-ring (bicyclic) bond motifs is 1. The van der Waals surface area contributed by atoms with Crippen molar-refractivity contribution in [3.63, 3.8) is 0 Å². The molecule has 0 aliphatic carbocycles. The second kappa shape index (κ2) is 11.7. The third-order valence-electron chi connectivity index (χ3n) is 3.20. The lowest BCUT2D eigenvalue weighted by molar-refractivity contribution is -0.00841. The van der Waals surface area contributed by atoms with E-state index in [0.29, 0.717) is 77.6 Å². The quantitative estimate of drug-likeness (QED) is 0.670. The lowest BCUT2D eigenvalue weighted by atomic mass is 10.2. The highest BCUT2D eigenvalue weighted by molar-refractivity contribution is 5.47. The molecule has 1 aliphatic heterocycles. The van der Waals surface area contributed by atoms with Gasteiger partial charge in [0.1, 0.15) is 13.2 Å². The SMILES string of the molecule is C#Cc1ccc2c(c1)OCCOCCOCCOCCOCCO2. The van der Waals surface area contributed by atoms with Gasteiger partial charge in [0.2, 0.25) is 0 Å². The van der Waals surface area contributed by atoms with E-state index < -0.39 is 0 Å². The molecule has 0 atom stereocenters. The van der Waals surface area contributed by atoms with Crippen LogP contribution in [0.15, 0.2) is 18.2 Å². The molecule has 6 nitrogen and oxygen atoms in total. The van der Waals surface area contributed by atoms with Crippen molar-refractivity contribution in [3.8, 4) is 23.8 Å². The summed E-state index contributed by atoms with van der Waals surface area (Å²) in [6, 6.07) is 5.41. The van der Waals surface area contributed by atoms with Gasteiger partial charge in [0.25, 0.3) is 0 Å². The summed E-state index contributed by atoms with van der Waals surface area (Å²) in [4.78, 5) is 0. The molecule has 1 aromatic rings. The molecule has 0 saturated heterocycles. The Balaban J connectivity index is 1.89. The Labute approximate surface area is 142 Å². The van der Waals surface area contributed by atoms with Crippen molar-refractivity contribution in [2.75, 3.05) is 66.1 Å². The van der Waals surface area contributed by atoms with Crippen LogP contribution in [0.25, 0.3) is 0 Å². The average Bonchev–Trinajstić information content (AvgIpc) is 2.61. The molecule has 0 amide bonds. The number of rotatable bonds is 0. The number of ether oxygens (including phenoxy) is 6. The van der Waals surface area contributed by atoms with E-state index in [1.165, 1.54) is 0 Å². The van der Waals surface area contributed by atoms with E-state index in [1.54, 1.807) is 12.1 Å². The average molecular weight is 336 g/mol. The highest BCUT2D eigenvalue weighted by Crippen LogP contribution is 2.28. The first-order valence-electron chi connectivity index (χ1n) is 8.07. The monoisotopic (exact) mass is 336 g/mol. The second-order valence-electron chi connectivity index (χ2n) is 4.95. The van der Waals surface area contributed by atoms with Gasteiger partial charge in [-0.25, -0.2) is 0 Å². The van der Waals surface area contributed by atoms with Crippen LogP contribution in [0, 0.1) is 12.3 Å². The molecule has 1 heterocycles. The van der Waals surface area contributed by atoms with E-state index in [-0.39, 0.29) is 0 Å². The molecule has 6 heteroatoms. The molecule has 0 saturated carbocycles. The first-order valence-corrected chi connectivity index (χ1v) is 8.07. The summed E-state index contributed by atoms with van der Waals surface area (Å²) in [7, 11) is 0. The van der Waals surface area contributed by atoms with Gasteiger partial charge in [0, 0.05) is 5.56 Å². The molecule has 1 aromatic carbocycles. The van der Waals surface area contributed by atoms with Crippen LogP contribution in [0.1, 0.15) is 5.56 Å². The van der Waals surface area contributed by atoms with Gasteiger partial charge in [-0.1, -0.05) is 5.92 Å². The molecule has 0 aromatic heterocycles. The van der Waals surface area contributed by atoms with Crippen LogP contribution in [0.2, 0.25) is 0 Å². The summed E-state index contributed by atoms with van der Waals surface area (Å²) in [6.07, 6.45) is 5.44. The fourth-order valence-electron chi connectivity index (χ4n) is 2.01. The number of hydrogen-bond donors (Lipinski definition) is 0. The molecular weight excluding hydrogens is 312 g/mol. The highest BCUT2D eigenvalue weighted by Gasteiger charge is 2.07. The molecule has 0 radical (unpaired) electrons. The van der Waals surface area contributed by atoms with E-state index >= 15 is 0 Å². The van der Waals surface area contributed by atoms with Gasteiger partial charge in [-0.05, 0) is 18.2 Å². The maximum absolute atomic E-state index is 5.73. The number of terminal acetylenes is 1. The molecule has 1 aliphatic rings. The zero-order valence-electron chi connectivity index (χ0n) is 13.8. The summed E-state index contributed by atoms with van der Waals surface area (Å²) in [6.45, 7) is 4.95. The second-order valence-corrected chi connectivity index (χ2v) is 4.95. The van der Waals surface area contributed by atoms with Crippen molar-refractivity contribution in [2.45, 2.75) is 0 Å². The molecule has 0 N–H and O–H groups in total. The molecule has 0 unspecified atom stereocenters. The molecular formula is C18H24O6. The van der Waals surface area contributed by atoms with Crippen LogP contribution >= 0.6 is 0 Å². The van der Waals surface area contributed by atoms with E-state index in [1.807, 2.05) is 6.07 Å². The van der Waals surface area contributed by atoms with Crippen LogP contribution in [0.4, 0.5) is 0 Å². The first-order chi connectivity index (χ1) is 11.9. The molecule has 0 spiro atoms. The minimum absolute atomic E-state index is 0.407. The van der Waals surface area contributed by atoms with Gasteiger partial charge in [-0.15, -0.1) is 6.42 Å². The molecule has 132 valence electrons. The van der Waals surface area contributed by atoms with Crippen LogP contribution < -0.4 is 9.47 Å². The maximum Gasteiger partial charge on any atom is 0.162 e. The third kappa shape index (κ3) is 7.20. The summed E-state index contributed by atoms with van der Waals surface area (Å²) in [5.74, 6) is 3.83. The molecule has 24 heavy (non-hydrogen) atoms. The van der Waals surface area contributed by atoms with Gasteiger partial charge in [-0.3, -0.25) is 0 Å². The zero-order chi connectivity index (χ0) is 16.9. The maximum atomic E-state index is 5.73. The summed E-state index contributed by atoms with van der Waals surface area (Å²) in [5.41, 5.74) is 0.738. The Morgan fingerprint density at radius 3 is 1.58 bits per heavy atom. The summed E-state index contributed by atoms with van der Waals surface area (Å²) in [5, 5.41) is 0. The van der Waals surface area contributed by atoms with Crippen LogP contribution in [-0.2, 0) is 18.9 Å². The van der Waals surface area contributed by atoms with Gasteiger partial charge >= 0.3 is 0 Å². The van der Waals surface area contributed by atoms with Crippen molar-refractivity contribution < 1.29 is 28.4 Å². The van der Waals surface area contributed by atoms with Crippen molar-refractivity contribution in [1.29, 1.82) is 0 Å². The Hall–Kier alpha value is -1.78. The fraction of sp³-hybridized carbons (Fsp3) is 0.556. The van der Waals surface area contributed by atoms with E-state index in [0.717, 1.165) is 5.56 Å². The van der Waals surface area contributed by atoms with Gasteiger partial charge in [0.15, 0.2) is 11.5 Å². The van der Waals surface area contributed by atoms with E-state index in [4.69, 9.17) is 34.8 Å². The third-order valence-corrected chi connectivity index (χ3v) is 3.20.